The fourth-order valence-corrected chi connectivity index (χ4v) is 2.19. The molecule has 0 spiro atoms. The zero-order chi connectivity index (χ0) is 15.5. The molecule has 0 unspecified atom stereocenters. The predicted octanol–water partition coefficient (Wildman–Crippen LogP) is 1.56. The second-order valence-electron chi connectivity index (χ2n) is 4.92. The van der Waals surface area contributed by atoms with Crippen LogP contribution in [0.25, 0.3) is 0 Å². The van der Waals surface area contributed by atoms with Crippen molar-refractivity contribution in [2.45, 2.75) is 39.2 Å². The number of likely N-dealkylation sites (tertiary alicyclic amines) is 1. The molecule has 3 N–H and O–H groups in total. The molecule has 7 nitrogen and oxygen atoms in total. The summed E-state index contributed by atoms with van der Waals surface area (Å²) in [6, 6.07) is 0.270. The Morgan fingerprint density at radius 1 is 1.32 bits per heavy atom. The molecule has 0 aliphatic carbocycles. The predicted molar refractivity (Wildman–Crippen MR) is 97.8 cm³/mol. The Bertz CT molecular complexity index is 334. The Hall–Kier alpha value is -0.770. The number of amides is 1. The van der Waals surface area contributed by atoms with E-state index in [9.17, 15) is 4.79 Å². The van der Waals surface area contributed by atoms with Gasteiger partial charge in [0, 0.05) is 38.9 Å². The maximum absolute atomic E-state index is 11.6. The van der Waals surface area contributed by atoms with Crippen molar-refractivity contribution >= 4 is 36.0 Å². The number of ether oxygens (including phenoxy) is 2. The first-order valence-electron chi connectivity index (χ1n) is 7.73. The third-order valence-corrected chi connectivity index (χ3v) is 3.31. The zero-order valence-corrected chi connectivity index (χ0v) is 15.9. The van der Waals surface area contributed by atoms with Crippen LogP contribution >= 0.6 is 24.0 Å². The number of guanidine groups is 1. The van der Waals surface area contributed by atoms with Crippen molar-refractivity contribution in [1.82, 2.24) is 10.2 Å². The Kier molecular flexibility index (Phi) is 12.3. The fraction of sp³-hybridized carbons (Fsp3) is 0.857. The monoisotopic (exact) mass is 428 g/mol. The summed E-state index contributed by atoms with van der Waals surface area (Å²) in [5.74, 6) is 0.473. The summed E-state index contributed by atoms with van der Waals surface area (Å²) in [5, 5.41) is 3.21. The first kappa shape index (κ1) is 21.2. The minimum Gasteiger partial charge on any atom is -0.450 e. The van der Waals surface area contributed by atoms with E-state index in [2.05, 4.69) is 10.3 Å². The Morgan fingerprint density at radius 3 is 2.59 bits per heavy atom. The first-order chi connectivity index (χ1) is 10.2. The largest absolute Gasteiger partial charge is 0.450 e. The molecule has 0 aromatic carbocycles. The summed E-state index contributed by atoms with van der Waals surface area (Å²) in [6.07, 6.45) is 2.35. The van der Waals surface area contributed by atoms with E-state index >= 15 is 0 Å². The molecular formula is C14H29IN4O3. The molecule has 1 fully saturated rings. The smallest absolute Gasteiger partial charge is 0.409 e. The molecule has 0 aromatic rings. The molecule has 1 saturated heterocycles. The number of nitrogens with zero attached hydrogens (tertiary/aromatic N) is 2. The molecule has 130 valence electrons. The number of nitrogens with two attached hydrogens (primary N) is 1. The molecular weight excluding hydrogens is 399 g/mol. The molecule has 1 aliphatic heterocycles. The Labute approximate surface area is 150 Å². The average molecular weight is 428 g/mol. The number of rotatable bonds is 7. The van der Waals surface area contributed by atoms with Crippen LogP contribution in [0, 0.1) is 0 Å². The maximum Gasteiger partial charge on any atom is 0.409 e. The SMILES string of the molecule is CCOCCCN=C(N)NC1CCN(C(=O)OCC)CC1.I. The lowest BCUT2D eigenvalue weighted by Gasteiger charge is -2.31. The molecule has 8 heteroatoms. The normalized spacial score (nSPS) is 16.1. The number of nitrogens with one attached hydrogen (secondary N) is 1. The van der Waals surface area contributed by atoms with Gasteiger partial charge in [0.1, 0.15) is 0 Å². The fourth-order valence-electron chi connectivity index (χ4n) is 2.19. The highest BCUT2D eigenvalue weighted by Gasteiger charge is 2.23. The van der Waals surface area contributed by atoms with Gasteiger partial charge >= 0.3 is 6.09 Å². The van der Waals surface area contributed by atoms with Gasteiger partial charge in [-0.1, -0.05) is 0 Å². The van der Waals surface area contributed by atoms with Crippen LogP contribution in [0.15, 0.2) is 4.99 Å². The van der Waals surface area contributed by atoms with E-state index in [1.165, 1.54) is 0 Å². The molecule has 0 atom stereocenters. The van der Waals surface area contributed by atoms with Gasteiger partial charge in [-0.05, 0) is 33.1 Å². The van der Waals surface area contributed by atoms with E-state index in [1.54, 1.807) is 4.90 Å². The highest BCUT2D eigenvalue weighted by Crippen LogP contribution is 2.11. The lowest BCUT2D eigenvalue weighted by Crippen LogP contribution is -2.48. The highest BCUT2D eigenvalue weighted by atomic mass is 127. The average Bonchev–Trinajstić information content (AvgIpc) is 2.48. The molecule has 1 amide bonds. The number of halogens is 1. The van der Waals surface area contributed by atoms with Crippen LogP contribution < -0.4 is 11.1 Å². The number of carbonyl (C=O) groups excluding carboxylic acids is 1. The van der Waals surface area contributed by atoms with Gasteiger partial charge in [-0.15, -0.1) is 24.0 Å². The van der Waals surface area contributed by atoms with Crippen LogP contribution in [0.1, 0.15) is 33.1 Å². The van der Waals surface area contributed by atoms with Crippen LogP contribution in [-0.4, -0.2) is 62.4 Å². The van der Waals surface area contributed by atoms with Crippen LogP contribution in [0.5, 0.6) is 0 Å². The standard InChI is InChI=1S/C14H28N4O3.HI/c1-3-20-11-5-8-16-13(15)17-12-6-9-18(10-7-12)14(19)21-4-2;/h12H,3-11H2,1-2H3,(H3,15,16,17);1H. The van der Waals surface area contributed by atoms with Gasteiger partial charge in [0.05, 0.1) is 6.61 Å². The van der Waals surface area contributed by atoms with Crippen molar-refractivity contribution in [1.29, 1.82) is 0 Å². The summed E-state index contributed by atoms with van der Waals surface area (Å²) in [4.78, 5) is 17.6. The first-order valence-corrected chi connectivity index (χ1v) is 7.73. The quantitative estimate of drug-likeness (QED) is 0.278. The third-order valence-electron chi connectivity index (χ3n) is 3.31. The van der Waals surface area contributed by atoms with E-state index in [0.717, 1.165) is 25.9 Å². The summed E-state index contributed by atoms with van der Waals surface area (Å²) in [5.41, 5.74) is 5.85. The van der Waals surface area contributed by atoms with Crippen LogP contribution in [0.4, 0.5) is 4.79 Å². The highest BCUT2D eigenvalue weighted by molar-refractivity contribution is 14.0. The third kappa shape index (κ3) is 8.62. The Balaban J connectivity index is 0.00000441. The van der Waals surface area contributed by atoms with Crippen molar-refractivity contribution in [3.8, 4) is 0 Å². The van der Waals surface area contributed by atoms with Crippen molar-refractivity contribution in [2.75, 3.05) is 39.5 Å². The lowest BCUT2D eigenvalue weighted by molar-refractivity contribution is 0.0963. The van der Waals surface area contributed by atoms with Crippen molar-refractivity contribution in [3.05, 3.63) is 0 Å². The van der Waals surface area contributed by atoms with Crippen LogP contribution in [0.3, 0.4) is 0 Å². The summed E-state index contributed by atoms with van der Waals surface area (Å²) in [7, 11) is 0. The number of hydrogen-bond donors (Lipinski definition) is 2. The number of piperidine rings is 1. The number of aliphatic imine (C=N–C) groups is 1. The number of hydrogen-bond acceptors (Lipinski definition) is 4. The molecule has 0 bridgehead atoms. The van der Waals surface area contributed by atoms with Crippen molar-refractivity contribution < 1.29 is 14.3 Å². The van der Waals surface area contributed by atoms with Crippen LogP contribution in [-0.2, 0) is 9.47 Å². The molecule has 22 heavy (non-hydrogen) atoms. The second kappa shape index (κ2) is 12.7. The van der Waals surface area contributed by atoms with E-state index in [-0.39, 0.29) is 36.1 Å². The van der Waals surface area contributed by atoms with Gasteiger partial charge in [-0.3, -0.25) is 4.99 Å². The van der Waals surface area contributed by atoms with E-state index in [4.69, 9.17) is 15.2 Å². The second-order valence-corrected chi connectivity index (χ2v) is 4.92. The van der Waals surface area contributed by atoms with Gasteiger partial charge < -0.3 is 25.4 Å². The maximum atomic E-state index is 11.6. The molecule has 0 aromatic heterocycles. The molecule has 1 rings (SSSR count). The van der Waals surface area contributed by atoms with Gasteiger partial charge in [0.25, 0.3) is 0 Å². The lowest BCUT2D eigenvalue weighted by atomic mass is 10.1. The molecule has 0 saturated carbocycles. The zero-order valence-electron chi connectivity index (χ0n) is 13.5. The molecule has 1 aliphatic rings. The minimum atomic E-state index is -0.228. The topological polar surface area (TPSA) is 89.2 Å². The van der Waals surface area contributed by atoms with Crippen molar-refractivity contribution in [3.63, 3.8) is 0 Å². The van der Waals surface area contributed by atoms with Crippen LogP contribution in [0.2, 0.25) is 0 Å². The van der Waals surface area contributed by atoms with E-state index < -0.39 is 0 Å². The van der Waals surface area contributed by atoms with Gasteiger partial charge in [0.15, 0.2) is 5.96 Å². The molecule has 0 radical (unpaired) electrons. The van der Waals surface area contributed by atoms with E-state index in [0.29, 0.717) is 38.8 Å². The Morgan fingerprint density at radius 2 is 2.00 bits per heavy atom. The van der Waals surface area contributed by atoms with Gasteiger partial charge in [0.2, 0.25) is 0 Å². The molecule has 1 heterocycles. The summed E-state index contributed by atoms with van der Waals surface area (Å²) < 4.78 is 10.2. The van der Waals surface area contributed by atoms with Crippen molar-refractivity contribution in [2.24, 2.45) is 10.7 Å². The minimum absolute atomic E-state index is 0. The van der Waals surface area contributed by atoms with E-state index in [1.807, 2.05) is 13.8 Å². The van der Waals surface area contributed by atoms with Gasteiger partial charge in [-0.2, -0.15) is 0 Å². The summed E-state index contributed by atoms with van der Waals surface area (Å²) >= 11 is 0. The number of carbonyl (C=O) groups is 1. The van der Waals surface area contributed by atoms with Gasteiger partial charge in [-0.25, -0.2) is 4.79 Å². The summed E-state index contributed by atoms with van der Waals surface area (Å²) in [6.45, 7) is 7.69.